The van der Waals surface area contributed by atoms with Crippen LogP contribution in [0.5, 0.6) is 17.2 Å². The lowest BCUT2D eigenvalue weighted by molar-refractivity contribution is 0.102. The largest absolute Gasteiger partial charge is 0.493 e. The van der Waals surface area contributed by atoms with Gasteiger partial charge in [-0.3, -0.25) is 10.1 Å². The zero-order valence-electron chi connectivity index (χ0n) is 17.9. The summed E-state index contributed by atoms with van der Waals surface area (Å²) in [7, 11) is 4.53. The lowest BCUT2D eigenvalue weighted by atomic mass is 10.1. The van der Waals surface area contributed by atoms with Crippen LogP contribution in [-0.2, 0) is 6.42 Å². The highest BCUT2D eigenvalue weighted by molar-refractivity contribution is 7.16. The van der Waals surface area contributed by atoms with Crippen LogP contribution in [0.1, 0.15) is 34.1 Å². The van der Waals surface area contributed by atoms with E-state index in [0.717, 1.165) is 29.0 Å². The molecule has 2 aromatic carbocycles. The van der Waals surface area contributed by atoms with Gasteiger partial charge in [0.1, 0.15) is 0 Å². The van der Waals surface area contributed by atoms with Crippen molar-refractivity contribution in [1.29, 1.82) is 0 Å². The van der Waals surface area contributed by atoms with E-state index in [2.05, 4.69) is 41.5 Å². The van der Waals surface area contributed by atoms with Crippen LogP contribution in [-0.4, -0.2) is 32.2 Å². The molecule has 1 aromatic heterocycles. The molecule has 7 heteroatoms. The standard InChI is InChI=1S/C23H26N2O4S/c1-6-7-15-8-10-16(11-9-15)19-14(2)30-23(24-19)25-22(26)17-12-13-18(27-3)21(29-5)20(17)28-4/h8-13H,6-7H2,1-5H3,(H,24,25,26). The predicted octanol–water partition coefficient (Wildman–Crippen LogP) is 5.35. The molecule has 1 amide bonds. The van der Waals surface area contributed by atoms with Gasteiger partial charge in [-0.2, -0.15) is 0 Å². The first-order valence-corrected chi connectivity index (χ1v) is 10.5. The highest BCUT2D eigenvalue weighted by Crippen LogP contribution is 2.40. The topological polar surface area (TPSA) is 69.7 Å². The Kier molecular flexibility index (Phi) is 6.95. The van der Waals surface area contributed by atoms with E-state index in [0.29, 0.717) is 27.9 Å². The quantitative estimate of drug-likeness (QED) is 0.526. The Morgan fingerprint density at radius 2 is 1.70 bits per heavy atom. The van der Waals surface area contributed by atoms with Crippen LogP contribution in [0.2, 0.25) is 0 Å². The van der Waals surface area contributed by atoms with Gasteiger partial charge in [0.15, 0.2) is 16.6 Å². The first kappa shape index (κ1) is 21.6. The normalized spacial score (nSPS) is 10.6. The number of benzene rings is 2. The second kappa shape index (κ2) is 9.63. The maximum absolute atomic E-state index is 12.9. The Labute approximate surface area is 180 Å². The predicted molar refractivity (Wildman–Crippen MR) is 120 cm³/mol. The van der Waals surface area contributed by atoms with Gasteiger partial charge in [0, 0.05) is 10.4 Å². The van der Waals surface area contributed by atoms with E-state index in [9.17, 15) is 4.79 Å². The number of ether oxygens (including phenoxy) is 3. The number of aryl methyl sites for hydroxylation is 2. The average Bonchev–Trinajstić information content (AvgIpc) is 3.12. The van der Waals surface area contributed by atoms with Crippen LogP contribution in [0.25, 0.3) is 11.3 Å². The van der Waals surface area contributed by atoms with E-state index in [1.165, 1.54) is 38.2 Å². The molecule has 0 aliphatic carbocycles. The molecule has 0 atom stereocenters. The minimum Gasteiger partial charge on any atom is -0.493 e. The van der Waals surface area contributed by atoms with Crippen LogP contribution in [0.4, 0.5) is 5.13 Å². The average molecular weight is 427 g/mol. The van der Waals surface area contributed by atoms with Crippen LogP contribution >= 0.6 is 11.3 Å². The van der Waals surface area contributed by atoms with Crippen LogP contribution in [0.15, 0.2) is 36.4 Å². The maximum Gasteiger partial charge on any atom is 0.261 e. The zero-order chi connectivity index (χ0) is 21.7. The summed E-state index contributed by atoms with van der Waals surface area (Å²) in [5.41, 5.74) is 3.56. The summed E-state index contributed by atoms with van der Waals surface area (Å²) in [4.78, 5) is 18.6. The van der Waals surface area contributed by atoms with Gasteiger partial charge in [0.05, 0.1) is 32.6 Å². The Bertz CT molecular complexity index is 1030. The number of nitrogens with one attached hydrogen (secondary N) is 1. The van der Waals surface area contributed by atoms with Crippen LogP contribution < -0.4 is 19.5 Å². The molecule has 1 heterocycles. The van der Waals surface area contributed by atoms with Gasteiger partial charge in [0.25, 0.3) is 5.91 Å². The molecule has 0 spiro atoms. The highest BCUT2D eigenvalue weighted by atomic mass is 32.1. The number of carbonyl (C=O) groups is 1. The molecular formula is C23H26N2O4S. The zero-order valence-corrected chi connectivity index (χ0v) is 18.7. The molecule has 0 unspecified atom stereocenters. The van der Waals surface area contributed by atoms with Crippen LogP contribution in [0.3, 0.4) is 0 Å². The van der Waals surface area contributed by atoms with E-state index >= 15 is 0 Å². The molecule has 0 aliphatic rings. The van der Waals surface area contributed by atoms with Crippen molar-refractivity contribution in [3.63, 3.8) is 0 Å². The molecule has 158 valence electrons. The molecule has 0 radical (unpaired) electrons. The first-order valence-electron chi connectivity index (χ1n) is 9.69. The molecule has 0 bridgehead atoms. The van der Waals surface area contributed by atoms with Crippen LogP contribution in [0, 0.1) is 6.92 Å². The van der Waals surface area contributed by atoms with Gasteiger partial charge in [0.2, 0.25) is 5.75 Å². The van der Waals surface area contributed by atoms with Gasteiger partial charge in [-0.15, -0.1) is 11.3 Å². The number of aromatic nitrogens is 1. The smallest absolute Gasteiger partial charge is 0.261 e. The summed E-state index contributed by atoms with van der Waals surface area (Å²) in [5, 5.41) is 3.41. The van der Waals surface area contributed by atoms with Crippen molar-refractivity contribution in [2.75, 3.05) is 26.6 Å². The number of anilines is 1. The second-order valence-electron chi connectivity index (χ2n) is 6.71. The minimum atomic E-state index is -0.327. The number of thiazole rings is 1. The summed E-state index contributed by atoms with van der Waals surface area (Å²) >= 11 is 1.44. The SMILES string of the molecule is CCCc1ccc(-c2nc(NC(=O)c3ccc(OC)c(OC)c3OC)sc2C)cc1. The third-order valence-electron chi connectivity index (χ3n) is 4.73. The van der Waals surface area contributed by atoms with Crippen molar-refractivity contribution < 1.29 is 19.0 Å². The van der Waals surface area contributed by atoms with E-state index in [1.807, 2.05) is 6.92 Å². The summed E-state index contributed by atoms with van der Waals surface area (Å²) in [5.74, 6) is 0.849. The molecule has 0 saturated heterocycles. The molecule has 30 heavy (non-hydrogen) atoms. The molecule has 0 fully saturated rings. The first-order chi connectivity index (χ1) is 14.5. The van der Waals surface area contributed by atoms with Gasteiger partial charge in [-0.1, -0.05) is 37.6 Å². The Morgan fingerprint density at radius 1 is 1.00 bits per heavy atom. The molecule has 0 saturated carbocycles. The third-order valence-corrected chi connectivity index (χ3v) is 5.62. The van der Waals surface area contributed by atoms with E-state index < -0.39 is 0 Å². The molecule has 6 nitrogen and oxygen atoms in total. The summed E-state index contributed by atoms with van der Waals surface area (Å²) in [6, 6.07) is 11.7. The van der Waals surface area contributed by atoms with E-state index in [-0.39, 0.29) is 5.91 Å². The maximum atomic E-state index is 12.9. The molecular weight excluding hydrogens is 400 g/mol. The number of carbonyl (C=O) groups excluding carboxylic acids is 1. The van der Waals surface area contributed by atoms with E-state index in [1.54, 1.807) is 12.1 Å². The second-order valence-corrected chi connectivity index (χ2v) is 7.91. The summed E-state index contributed by atoms with van der Waals surface area (Å²) in [6.45, 7) is 4.17. The van der Waals surface area contributed by atoms with Crippen molar-refractivity contribution >= 4 is 22.4 Å². The summed E-state index contributed by atoms with van der Waals surface area (Å²) < 4.78 is 16.1. The van der Waals surface area contributed by atoms with Gasteiger partial charge in [-0.05, 0) is 31.0 Å². The number of hydrogen-bond donors (Lipinski definition) is 1. The number of amides is 1. The lowest BCUT2D eigenvalue weighted by Gasteiger charge is -2.15. The molecule has 0 aliphatic heterocycles. The number of methoxy groups -OCH3 is 3. The fourth-order valence-electron chi connectivity index (χ4n) is 3.28. The Morgan fingerprint density at radius 3 is 2.30 bits per heavy atom. The Hall–Kier alpha value is -3.06. The third kappa shape index (κ3) is 4.41. The molecule has 1 N–H and O–H groups in total. The highest BCUT2D eigenvalue weighted by Gasteiger charge is 2.22. The van der Waals surface area contributed by atoms with Crippen molar-refractivity contribution in [2.45, 2.75) is 26.7 Å². The molecule has 3 aromatic rings. The van der Waals surface area contributed by atoms with Crippen molar-refractivity contribution in [3.8, 4) is 28.5 Å². The van der Waals surface area contributed by atoms with Gasteiger partial charge in [-0.25, -0.2) is 4.98 Å². The monoisotopic (exact) mass is 426 g/mol. The fraction of sp³-hybridized carbons (Fsp3) is 0.304. The number of rotatable bonds is 8. The van der Waals surface area contributed by atoms with Crippen molar-refractivity contribution in [3.05, 3.63) is 52.4 Å². The molecule has 3 rings (SSSR count). The fourth-order valence-corrected chi connectivity index (χ4v) is 4.11. The lowest BCUT2D eigenvalue weighted by Crippen LogP contribution is -2.13. The van der Waals surface area contributed by atoms with Crippen molar-refractivity contribution in [1.82, 2.24) is 4.98 Å². The number of hydrogen-bond acceptors (Lipinski definition) is 6. The summed E-state index contributed by atoms with van der Waals surface area (Å²) in [6.07, 6.45) is 2.18. The Balaban J connectivity index is 1.86. The van der Waals surface area contributed by atoms with Crippen molar-refractivity contribution in [2.24, 2.45) is 0 Å². The number of nitrogens with zero attached hydrogens (tertiary/aromatic N) is 1. The van der Waals surface area contributed by atoms with Gasteiger partial charge < -0.3 is 14.2 Å². The van der Waals surface area contributed by atoms with Gasteiger partial charge >= 0.3 is 0 Å². The van der Waals surface area contributed by atoms with E-state index in [4.69, 9.17) is 14.2 Å². The minimum absolute atomic E-state index is 0.314.